The molecule has 1 atom stereocenters. The number of aromatic nitrogens is 2. The molecule has 0 aliphatic rings. The van der Waals surface area contributed by atoms with Gasteiger partial charge in [-0.25, -0.2) is 9.97 Å². The van der Waals surface area contributed by atoms with E-state index in [1.807, 2.05) is 31.2 Å². The molecule has 0 radical (unpaired) electrons. The maximum Gasteiger partial charge on any atom is 0.230 e. The van der Waals surface area contributed by atoms with Crippen LogP contribution in [0, 0.1) is 12.8 Å². The SMILES string of the molecule is Cc1nc2ccccc2nc1SCC(=O)NC(C)CCCC(C)C. The highest BCUT2D eigenvalue weighted by Gasteiger charge is 2.11. The number of carbonyl (C=O) groups is 1. The Morgan fingerprint density at radius 2 is 1.79 bits per heavy atom. The number of hydrogen-bond donors (Lipinski definition) is 1. The number of benzene rings is 1. The van der Waals surface area contributed by atoms with E-state index in [0.29, 0.717) is 5.75 Å². The fourth-order valence-corrected chi connectivity index (χ4v) is 3.33. The van der Waals surface area contributed by atoms with E-state index < -0.39 is 0 Å². The topological polar surface area (TPSA) is 54.9 Å². The van der Waals surface area contributed by atoms with Crippen LogP contribution >= 0.6 is 11.8 Å². The predicted molar refractivity (Wildman–Crippen MR) is 101 cm³/mol. The first kappa shape index (κ1) is 18.7. The number of para-hydroxylation sites is 2. The number of amides is 1. The summed E-state index contributed by atoms with van der Waals surface area (Å²) in [6.45, 7) is 8.47. The van der Waals surface area contributed by atoms with Crippen LogP contribution in [-0.4, -0.2) is 27.7 Å². The summed E-state index contributed by atoms with van der Waals surface area (Å²) in [7, 11) is 0. The van der Waals surface area contributed by atoms with Crippen molar-refractivity contribution >= 4 is 28.7 Å². The maximum atomic E-state index is 12.1. The van der Waals surface area contributed by atoms with Crippen molar-refractivity contribution in [2.75, 3.05) is 5.75 Å². The lowest BCUT2D eigenvalue weighted by atomic mass is 10.0. The van der Waals surface area contributed by atoms with Gasteiger partial charge in [-0.3, -0.25) is 4.79 Å². The van der Waals surface area contributed by atoms with Crippen molar-refractivity contribution in [3.63, 3.8) is 0 Å². The van der Waals surface area contributed by atoms with Gasteiger partial charge in [0.25, 0.3) is 0 Å². The van der Waals surface area contributed by atoms with Crippen LogP contribution in [0.2, 0.25) is 0 Å². The van der Waals surface area contributed by atoms with Crippen molar-refractivity contribution in [2.45, 2.75) is 58.0 Å². The molecule has 1 amide bonds. The monoisotopic (exact) mass is 345 g/mol. The van der Waals surface area contributed by atoms with E-state index in [1.165, 1.54) is 18.2 Å². The Bertz CT molecular complexity index is 687. The first-order chi connectivity index (χ1) is 11.5. The van der Waals surface area contributed by atoms with Gasteiger partial charge in [0, 0.05) is 6.04 Å². The van der Waals surface area contributed by atoms with Gasteiger partial charge in [0.2, 0.25) is 5.91 Å². The van der Waals surface area contributed by atoms with Gasteiger partial charge >= 0.3 is 0 Å². The number of hydrogen-bond acceptors (Lipinski definition) is 4. The molecule has 0 fully saturated rings. The third-order valence-electron chi connectivity index (χ3n) is 3.87. The zero-order chi connectivity index (χ0) is 17.5. The molecular formula is C19H27N3OS. The standard InChI is InChI=1S/C19H27N3OS/c1-13(2)8-7-9-14(3)20-18(23)12-24-19-15(4)21-16-10-5-6-11-17(16)22-19/h5-6,10-11,13-14H,7-9,12H2,1-4H3,(H,20,23). The number of nitrogens with zero attached hydrogens (tertiary/aromatic N) is 2. The lowest BCUT2D eigenvalue weighted by Gasteiger charge is -2.14. The van der Waals surface area contributed by atoms with Gasteiger partial charge in [0.1, 0.15) is 5.03 Å². The minimum Gasteiger partial charge on any atom is -0.353 e. The number of fused-ring (bicyclic) bond motifs is 1. The van der Waals surface area contributed by atoms with Gasteiger partial charge in [0.15, 0.2) is 0 Å². The molecule has 2 aromatic rings. The van der Waals surface area contributed by atoms with Crippen LogP contribution in [0.4, 0.5) is 0 Å². The van der Waals surface area contributed by atoms with E-state index in [-0.39, 0.29) is 11.9 Å². The Balaban J connectivity index is 1.84. The normalized spacial score (nSPS) is 12.5. The zero-order valence-electron chi connectivity index (χ0n) is 15.0. The molecule has 0 bridgehead atoms. The molecule has 130 valence electrons. The number of thioether (sulfide) groups is 1. The Labute approximate surface area is 148 Å². The number of rotatable bonds is 8. The second kappa shape index (κ2) is 9.02. The Morgan fingerprint density at radius 3 is 2.46 bits per heavy atom. The lowest BCUT2D eigenvalue weighted by molar-refractivity contribution is -0.119. The van der Waals surface area contributed by atoms with Gasteiger partial charge < -0.3 is 5.32 Å². The summed E-state index contributed by atoms with van der Waals surface area (Å²) in [5, 5.41) is 3.90. The van der Waals surface area contributed by atoms with E-state index in [1.54, 1.807) is 0 Å². The third kappa shape index (κ3) is 5.78. The van der Waals surface area contributed by atoms with Gasteiger partial charge in [-0.2, -0.15) is 0 Å². The number of carbonyl (C=O) groups excluding carboxylic acids is 1. The predicted octanol–water partition coefficient (Wildman–Crippen LogP) is 4.36. The zero-order valence-corrected chi connectivity index (χ0v) is 15.8. The summed E-state index contributed by atoms with van der Waals surface area (Å²) >= 11 is 1.46. The molecule has 0 aliphatic carbocycles. The summed E-state index contributed by atoms with van der Waals surface area (Å²) in [6, 6.07) is 8.03. The molecule has 0 saturated heterocycles. The molecule has 1 aromatic heterocycles. The first-order valence-corrected chi connectivity index (χ1v) is 9.60. The van der Waals surface area contributed by atoms with E-state index in [2.05, 4.69) is 36.1 Å². The molecule has 1 aromatic carbocycles. The van der Waals surface area contributed by atoms with Crippen molar-refractivity contribution in [3.05, 3.63) is 30.0 Å². The molecule has 0 saturated carbocycles. The van der Waals surface area contributed by atoms with E-state index in [0.717, 1.165) is 40.5 Å². The highest BCUT2D eigenvalue weighted by atomic mass is 32.2. The van der Waals surface area contributed by atoms with Crippen molar-refractivity contribution in [3.8, 4) is 0 Å². The molecule has 1 unspecified atom stereocenters. The number of aryl methyl sites for hydroxylation is 1. The molecule has 24 heavy (non-hydrogen) atoms. The van der Waals surface area contributed by atoms with Gasteiger partial charge in [-0.1, -0.05) is 50.6 Å². The largest absolute Gasteiger partial charge is 0.353 e. The van der Waals surface area contributed by atoms with E-state index in [9.17, 15) is 4.79 Å². The van der Waals surface area contributed by atoms with Crippen LogP contribution in [0.25, 0.3) is 11.0 Å². The Morgan fingerprint density at radius 1 is 1.12 bits per heavy atom. The van der Waals surface area contributed by atoms with Gasteiger partial charge in [0.05, 0.1) is 22.5 Å². The lowest BCUT2D eigenvalue weighted by Crippen LogP contribution is -2.33. The highest BCUT2D eigenvalue weighted by molar-refractivity contribution is 7.99. The van der Waals surface area contributed by atoms with Crippen molar-refractivity contribution < 1.29 is 4.79 Å². The molecule has 5 heteroatoms. The second-order valence-electron chi connectivity index (χ2n) is 6.68. The average molecular weight is 346 g/mol. The minimum absolute atomic E-state index is 0.0615. The minimum atomic E-state index is 0.0615. The van der Waals surface area contributed by atoms with Crippen LogP contribution in [0.15, 0.2) is 29.3 Å². The quantitative estimate of drug-likeness (QED) is 0.722. The maximum absolute atomic E-state index is 12.1. The molecular weight excluding hydrogens is 318 g/mol. The molecule has 1 N–H and O–H groups in total. The summed E-state index contributed by atoms with van der Waals surface area (Å²) in [5.74, 6) is 1.16. The van der Waals surface area contributed by atoms with Crippen LogP contribution in [0.1, 0.15) is 45.7 Å². The van der Waals surface area contributed by atoms with E-state index >= 15 is 0 Å². The number of nitrogens with one attached hydrogen (secondary N) is 1. The smallest absolute Gasteiger partial charge is 0.230 e. The third-order valence-corrected chi connectivity index (χ3v) is 4.93. The summed E-state index contributed by atoms with van der Waals surface area (Å²) in [5.41, 5.74) is 2.63. The van der Waals surface area contributed by atoms with Crippen LogP contribution < -0.4 is 5.32 Å². The van der Waals surface area contributed by atoms with Crippen LogP contribution in [0.5, 0.6) is 0 Å². The molecule has 1 heterocycles. The molecule has 0 aliphatic heterocycles. The fraction of sp³-hybridized carbons (Fsp3) is 0.526. The van der Waals surface area contributed by atoms with Crippen molar-refractivity contribution in [1.29, 1.82) is 0 Å². The Kier molecular flexibility index (Phi) is 7.03. The van der Waals surface area contributed by atoms with Crippen LogP contribution in [0.3, 0.4) is 0 Å². The summed E-state index contributed by atoms with van der Waals surface area (Å²) < 4.78 is 0. The average Bonchev–Trinajstić information content (AvgIpc) is 2.52. The second-order valence-corrected chi connectivity index (χ2v) is 7.65. The van der Waals surface area contributed by atoms with Crippen molar-refractivity contribution in [1.82, 2.24) is 15.3 Å². The Hall–Kier alpha value is -1.62. The summed E-state index contributed by atoms with van der Waals surface area (Å²) in [4.78, 5) is 21.3. The molecule has 4 nitrogen and oxygen atoms in total. The fourth-order valence-electron chi connectivity index (χ4n) is 2.56. The van der Waals surface area contributed by atoms with Gasteiger partial charge in [-0.15, -0.1) is 0 Å². The molecule has 0 spiro atoms. The molecule has 2 rings (SSSR count). The highest BCUT2D eigenvalue weighted by Crippen LogP contribution is 2.21. The van der Waals surface area contributed by atoms with Crippen molar-refractivity contribution in [2.24, 2.45) is 5.92 Å². The summed E-state index contributed by atoms with van der Waals surface area (Å²) in [6.07, 6.45) is 3.39. The van der Waals surface area contributed by atoms with E-state index in [4.69, 9.17) is 0 Å². The van der Waals surface area contributed by atoms with Gasteiger partial charge in [-0.05, 0) is 38.3 Å². The first-order valence-electron chi connectivity index (χ1n) is 8.61. The van der Waals surface area contributed by atoms with Crippen LogP contribution in [-0.2, 0) is 4.79 Å².